The fraction of sp³-hybridized carbons (Fsp3) is 0.111. The van der Waals surface area contributed by atoms with Crippen molar-refractivity contribution in [3.05, 3.63) is 81.5 Å². The summed E-state index contributed by atoms with van der Waals surface area (Å²) in [5, 5.41) is 5.34. The van der Waals surface area contributed by atoms with Crippen molar-refractivity contribution in [2.24, 2.45) is 0 Å². The molecule has 2 N–H and O–H groups in total. The van der Waals surface area contributed by atoms with Crippen LogP contribution in [0.3, 0.4) is 0 Å². The van der Waals surface area contributed by atoms with E-state index in [1.165, 1.54) is 37.3 Å². The van der Waals surface area contributed by atoms with Crippen LogP contribution in [0.25, 0.3) is 0 Å². The molecule has 4 nitrogen and oxygen atoms in total. The van der Waals surface area contributed by atoms with Crippen molar-refractivity contribution in [3.8, 4) is 0 Å². The summed E-state index contributed by atoms with van der Waals surface area (Å²) >= 11 is 5.82. The lowest BCUT2D eigenvalue weighted by Crippen LogP contribution is -2.45. The average Bonchev–Trinajstić information content (AvgIpc) is 2.54. The van der Waals surface area contributed by atoms with Crippen molar-refractivity contribution in [1.82, 2.24) is 10.6 Å². The number of allylic oxidation sites excluding steroid dienone is 1. The van der Waals surface area contributed by atoms with Crippen molar-refractivity contribution < 1.29 is 18.4 Å². The summed E-state index contributed by atoms with van der Waals surface area (Å²) in [6, 6.07) is 7.59. The molecule has 1 aliphatic rings. The molecule has 25 heavy (non-hydrogen) atoms. The van der Waals surface area contributed by atoms with Gasteiger partial charge in [0.2, 0.25) is 0 Å². The molecular weight excluding hydrogens is 350 g/mol. The minimum atomic E-state index is -1.24. The third-order valence-electron chi connectivity index (χ3n) is 3.91. The molecule has 0 bridgehead atoms. The van der Waals surface area contributed by atoms with E-state index in [-0.39, 0.29) is 16.8 Å². The highest BCUT2D eigenvalue weighted by atomic mass is 35.5. The Kier molecular flexibility index (Phi) is 4.55. The number of benzene rings is 2. The molecule has 0 aliphatic carbocycles. The molecule has 2 aromatic carbocycles. The predicted molar refractivity (Wildman–Crippen MR) is 89.2 cm³/mol. The molecule has 1 aliphatic heterocycles. The predicted octanol–water partition coefficient (Wildman–Crippen LogP) is 4.13. The number of ketones is 1. The largest absolute Gasteiger partial charge is 0.327 e. The van der Waals surface area contributed by atoms with E-state index in [2.05, 4.69) is 10.6 Å². The van der Waals surface area contributed by atoms with E-state index in [9.17, 15) is 18.4 Å². The molecule has 0 aromatic heterocycles. The Hall–Kier alpha value is -2.73. The van der Waals surface area contributed by atoms with Crippen LogP contribution in [0.5, 0.6) is 0 Å². The van der Waals surface area contributed by atoms with Crippen molar-refractivity contribution in [2.75, 3.05) is 0 Å². The molecule has 0 saturated heterocycles. The first-order valence-corrected chi connectivity index (χ1v) is 7.78. The Morgan fingerprint density at radius 2 is 1.68 bits per heavy atom. The van der Waals surface area contributed by atoms with Crippen LogP contribution in [0.1, 0.15) is 28.9 Å². The number of carbonyl (C=O) groups excluding carboxylic acids is 2. The summed E-state index contributed by atoms with van der Waals surface area (Å²) in [7, 11) is 0. The van der Waals surface area contributed by atoms with Crippen molar-refractivity contribution >= 4 is 23.4 Å². The van der Waals surface area contributed by atoms with Gasteiger partial charge in [0.15, 0.2) is 5.78 Å². The van der Waals surface area contributed by atoms with Gasteiger partial charge in [0, 0.05) is 21.9 Å². The smallest absolute Gasteiger partial charge is 0.319 e. The number of rotatable bonds is 3. The van der Waals surface area contributed by atoms with Gasteiger partial charge in [-0.05, 0) is 43.3 Å². The maximum absolute atomic E-state index is 14.2. The monoisotopic (exact) mass is 362 g/mol. The Morgan fingerprint density at radius 1 is 1.08 bits per heavy atom. The van der Waals surface area contributed by atoms with Gasteiger partial charge in [0.05, 0.1) is 11.6 Å². The molecule has 0 spiro atoms. The molecule has 3 rings (SSSR count). The van der Waals surface area contributed by atoms with E-state index in [1.807, 2.05) is 0 Å². The number of halogens is 3. The molecule has 7 heteroatoms. The van der Waals surface area contributed by atoms with E-state index in [1.54, 1.807) is 0 Å². The number of hydrogen-bond acceptors (Lipinski definition) is 2. The number of amides is 2. The van der Waals surface area contributed by atoms with Crippen molar-refractivity contribution in [1.29, 1.82) is 0 Å². The first-order chi connectivity index (χ1) is 11.9. The minimum Gasteiger partial charge on any atom is -0.327 e. The van der Waals surface area contributed by atoms with Gasteiger partial charge >= 0.3 is 6.03 Å². The lowest BCUT2D eigenvalue weighted by atomic mass is 9.89. The summed E-state index contributed by atoms with van der Waals surface area (Å²) in [6.45, 7) is 1.51. The number of nitrogens with one attached hydrogen (secondary N) is 2. The van der Waals surface area contributed by atoms with Gasteiger partial charge in [-0.3, -0.25) is 4.79 Å². The van der Waals surface area contributed by atoms with E-state index >= 15 is 0 Å². The van der Waals surface area contributed by atoms with Crippen LogP contribution in [0, 0.1) is 11.6 Å². The van der Waals surface area contributed by atoms with Crippen molar-refractivity contribution in [3.63, 3.8) is 0 Å². The van der Waals surface area contributed by atoms with Crippen LogP contribution in [0.15, 0.2) is 53.7 Å². The highest BCUT2D eigenvalue weighted by molar-refractivity contribution is 6.30. The van der Waals surface area contributed by atoms with Crippen LogP contribution in [-0.4, -0.2) is 11.8 Å². The number of Topliss-reactive ketones (excluding diaryl/α,β-unsaturated/α-hetero) is 1. The molecule has 2 aromatic rings. The van der Waals surface area contributed by atoms with E-state index < -0.39 is 29.5 Å². The summed E-state index contributed by atoms with van der Waals surface area (Å²) in [5.74, 6) is -2.16. The maximum Gasteiger partial charge on any atom is 0.319 e. The Morgan fingerprint density at radius 3 is 2.28 bits per heavy atom. The zero-order valence-corrected chi connectivity index (χ0v) is 13.8. The molecule has 1 unspecified atom stereocenters. The van der Waals surface area contributed by atoms with Gasteiger partial charge in [-0.1, -0.05) is 17.7 Å². The first kappa shape index (κ1) is 17.1. The van der Waals surface area contributed by atoms with Crippen molar-refractivity contribution in [2.45, 2.75) is 13.0 Å². The van der Waals surface area contributed by atoms with Gasteiger partial charge in [0.1, 0.15) is 11.6 Å². The summed E-state index contributed by atoms with van der Waals surface area (Å²) in [6.07, 6.45) is 0. The van der Waals surface area contributed by atoms with E-state index in [0.717, 1.165) is 12.1 Å². The van der Waals surface area contributed by atoms with Gasteiger partial charge in [-0.25, -0.2) is 13.6 Å². The number of hydrogen-bond donors (Lipinski definition) is 2. The Balaban J connectivity index is 2.13. The first-order valence-electron chi connectivity index (χ1n) is 7.41. The second-order valence-corrected chi connectivity index (χ2v) is 5.98. The third kappa shape index (κ3) is 3.25. The minimum absolute atomic E-state index is 0.0610. The second-order valence-electron chi connectivity index (χ2n) is 5.54. The molecule has 0 radical (unpaired) electrons. The Bertz CT molecular complexity index is 874. The third-order valence-corrected chi connectivity index (χ3v) is 4.16. The van der Waals surface area contributed by atoms with Gasteiger partial charge in [0.25, 0.3) is 0 Å². The zero-order valence-electron chi connectivity index (χ0n) is 13.1. The molecule has 1 atom stereocenters. The summed E-state index contributed by atoms with van der Waals surface area (Å²) < 4.78 is 28.4. The van der Waals surface area contributed by atoms with Gasteiger partial charge in [-0.15, -0.1) is 0 Å². The molecule has 0 saturated carbocycles. The second kappa shape index (κ2) is 6.64. The highest BCUT2D eigenvalue weighted by Crippen LogP contribution is 2.32. The maximum atomic E-state index is 14.2. The highest BCUT2D eigenvalue weighted by Gasteiger charge is 2.34. The topological polar surface area (TPSA) is 58.2 Å². The summed E-state index contributed by atoms with van der Waals surface area (Å²) in [4.78, 5) is 24.7. The fourth-order valence-corrected chi connectivity index (χ4v) is 2.88. The molecule has 128 valence electrons. The molecular formula is C18H13ClF2N2O2. The average molecular weight is 363 g/mol. The molecule has 2 amide bonds. The molecule has 1 heterocycles. The summed E-state index contributed by atoms with van der Waals surface area (Å²) in [5.41, 5.74) is 0.203. The van der Waals surface area contributed by atoms with Crippen LogP contribution in [0.2, 0.25) is 5.02 Å². The van der Waals surface area contributed by atoms with Gasteiger partial charge < -0.3 is 10.6 Å². The normalized spacial score (nSPS) is 17.1. The van der Waals surface area contributed by atoms with Crippen LogP contribution in [-0.2, 0) is 0 Å². The van der Waals surface area contributed by atoms with Crippen LogP contribution in [0.4, 0.5) is 13.6 Å². The SMILES string of the molecule is CC1=C(C(=O)c2ccc(Cl)cc2)C(c2c(F)cccc2F)NC(=O)N1. The van der Waals surface area contributed by atoms with Gasteiger partial charge in [-0.2, -0.15) is 0 Å². The van der Waals surface area contributed by atoms with Crippen LogP contribution < -0.4 is 10.6 Å². The molecule has 0 fully saturated rings. The lowest BCUT2D eigenvalue weighted by molar-refractivity contribution is 0.102. The van der Waals surface area contributed by atoms with E-state index in [4.69, 9.17) is 11.6 Å². The lowest BCUT2D eigenvalue weighted by Gasteiger charge is -2.29. The fourth-order valence-electron chi connectivity index (χ4n) is 2.75. The quantitative estimate of drug-likeness (QED) is 0.807. The zero-order chi connectivity index (χ0) is 18.1. The number of carbonyl (C=O) groups is 2. The standard InChI is InChI=1S/C18H13ClF2N2O2/c1-9-14(17(24)10-5-7-11(19)8-6-10)16(23-18(25)22-9)15-12(20)3-2-4-13(15)21/h2-8,16H,1H3,(H2,22,23,25). The van der Waals surface area contributed by atoms with Crippen LogP contribution >= 0.6 is 11.6 Å². The Labute approximate surface area is 147 Å². The van der Waals surface area contributed by atoms with E-state index in [0.29, 0.717) is 10.6 Å². The number of urea groups is 1.